The number of quaternary nitrogens is 1. The van der Waals surface area contributed by atoms with Crippen molar-refractivity contribution in [1.29, 1.82) is 0 Å². The molecular weight excluding hydrogens is 398 g/mol. The van der Waals surface area contributed by atoms with E-state index < -0.39 is 0 Å². The fraction of sp³-hybridized carbons (Fsp3) is 1.00. The van der Waals surface area contributed by atoms with Crippen molar-refractivity contribution in [3.63, 3.8) is 0 Å². The van der Waals surface area contributed by atoms with Gasteiger partial charge in [-0.25, -0.2) is 0 Å². The molecule has 0 N–H and O–H groups in total. The van der Waals surface area contributed by atoms with E-state index in [1.54, 1.807) is 0 Å². The summed E-state index contributed by atoms with van der Waals surface area (Å²) in [6, 6.07) is 0. The van der Waals surface area contributed by atoms with Gasteiger partial charge in [0, 0.05) is 65.4 Å². The number of hydrogen-bond acceptors (Lipinski definition) is 1. The summed E-state index contributed by atoms with van der Waals surface area (Å²) in [6.45, 7) is 12.8. The van der Waals surface area contributed by atoms with Gasteiger partial charge in [0.25, 0.3) is 0 Å². The van der Waals surface area contributed by atoms with E-state index in [1.165, 1.54) is 75.9 Å². The van der Waals surface area contributed by atoms with Gasteiger partial charge in [-0.1, -0.05) is 6.92 Å². The van der Waals surface area contributed by atoms with Crippen molar-refractivity contribution >= 4 is 0 Å². The van der Waals surface area contributed by atoms with Gasteiger partial charge < -0.3 is 9.38 Å². The third-order valence-corrected chi connectivity index (χ3v) is 5.74. The third kappa shape index (κ3) is 6.71. The summed E-state index contributed by atoms with van der Waals surface area (Å²) >= 11 is 0. The fourth-order valence-corrected chi connectivity index (χ4v) is 3.81. The largest absolute Gasteiger partial charge is 0.326 e. The molecule has 2 aliphatic heterocycles. The van der Waals surface area contributed by atoms with E-state index in [1.807, 2.05) is 0 Å². The third-order valence-electron chi connectivity index (χ3n) is 5.74. The van der Waals surface area contributed by atoms with Crippen LogP contribution >= 0.6 is 0 Å². The molecule has 2 radical (unpaired) electrons. The normalized spacial score (nSPS) is 32.2. The average Bonchev–Trinajstić information content (AvgIpc) is 2.42. The van der Waals surface area contributed by atoms with E-state index in [0.717, 1.165) is 11.8 Å². The zero-order chi connectivity index (χ0) is 13.0. The van der Waals surface area contributed by atoms with Gasteiger partial charge in [0.1, 0.15) is 0 Å². The number of nitrogens with zero attached hydrogens (tertiary/aromatic N) is 2. The van der Waals surface area contributed by atoms with Gasteiger partial charge in [-0.05, 0) is 70.5 Å². The van der Waals surface area contributed by atoms with Crippen LogP contribution in [-0.4, -0.2) is 55.7 Å². The van der Waals surface area contributed by atoms with Crippen molar-refractivity contribution < 1.29 is 69.9 Å². The van der Waals surface area contributed by atoms with Crippen LogP contribution in [0.5, 0.6) is 0 Å². The van der Waals surface area contributed by atoms with Gasteiger partial charge >= 0.3 is 0 Å². The molecule has 0 amide bonds. The first-order valence-corrected chi connectivity index (χ1v) is 8.21. The molecule has 0 unspecified atom stereocenters. The number of rotatable bonds is 4. The zero-order valence-electron chi connectivity index (χ0n) is 14.0. The van der Waals surface area contributed by atoms with E-state index >= 15 is 0 Å². The maximum absolute atomic E-state index is 2.61. The molecule has 4 heteroatoms. The Kier molecular flexibility index (Phi) is 12.0. The molecule has 0 aromatic carbocycles. The molecule has 2 aliphatic rings. The Morgan fingerprint density at radius 1 is 0.900 bits per heavy atom. The topological polar surface area (TPSA) is 3.24 Å². The summed E-state index contributed by atoms with van der Waals surface area (Å²) in [7, 11) is 2.44. The van der Waals surface area contributed by atoms with E-state index in [0.29, 0.717) is 0 Å². The number of piperidine rings is 2. The Hall–Kier alpha value is 2.13. The smallest absolute Gasteiger partial charge is 0.0787 e. The van der Waals surface area contributed by atoms with E-state index in [-0.39, 0.29) is 65.4 Å². The molecule has 20 heavy (non-hydrogen) atoms. The molecule has 0 aliphatic carbocycles. The van der Waals surface area contributed by atoms with Crippen LogP contribution in [0.2, 0.25) is 0 Å². The van der Waals surface area contributed by atoms with Crippen LogP contribution in [0.15, 0.2) is 0 Å². The summed E-state index contributed by atoms with van der Waals surface area (Å²) < 4.78 is 1.32. The van der Waals surface area contributed by atoms with Crippen molar-refractivity contribution in [2.24, 2.45) is 11.8 Å². The molecule has 112 valence electrons. The maximum atomic E-state index is 2.61. The molecule has 2 rings (SSSR count). The monoisotopic (exact) mass is 431 g/mol. The minimum absolute atomic E-state index is 0. The predicted octanol–water partition coefficient (Wildman–Crippen LogP) is 2.98. The first-order valence-electron chi connectivity index (χ1n) is 8.21. The first-order chi connectivity index (χ1) is 8.65. The summed E-state index contributed by atoms with van der Waals surface area (Å²) in [6.07, 6.45) is 7.42. The Labute approximate surface area is 177 Å². The second-order valence-corrected chi connectivity index (χ2v) is 6.94. The van der Waals surface area contributed by atoms with Gasteiger partial charge in [-0.15, -0.1) is 0 Å². The Morgan fingerprint density at radius 3 is 1.85 bits per heavy atom. The molecular formula is C16H33N2Y2+. The molecule has 0 spiro atoms. The molecule has 2 fully saturated rings. The second-order valence-electron chi connectivity index (χ2n) is 6.94. The average molecular weight is 431 g/mol. The van der Waals surface area contributed by atoms with Crippen LogP contribution in [0.25, 0.3) is 0 Å². The summed E-state index contributed by atoms with van der Waals surface area (Å²) in [4.78, 5) is 2.61. The quantitative estimate of drug-likeness (QED) is 0.619. The molecule has 2 saturated heterocycles. The zero-order valence-corrected chi connectivity index (χ0v) is 19.7. The predicted molar refractivity (Wildman–Crippen MR) is 78.6 cm³/mol. The van der Waals surface area contributed by atoms with Crippen molar-refractivity contribution in [3.05, 3.63) is 0 Å². The van der Waals surface area contributed by atoms with Gasteiger partial charge in [0.05, 0.1) is 26.7 Å². The SMILES string of the molecule is CCN1CCC(CC2CC[N+](C)(CC)CC2)CC1.[Y].[Y]. The molecule has 0 saturated carbocycles. The molecule has 0 atom stereocenters. The minimum Gasteiger partial charge on any atom is -0.326 e. The minimum atomic E-state index is 0. The van der Waals surface area contributed by atoms with Crippen molar-refractivity contribution in [2.75, 3.05) is 46.3 Å². The standard InChI is InChI=1S/C16H33N2.2Y/c1-4-17-10-6-15(7-11-17)14-16-8-12-18(3,5-2)13-9-16;;/h15-16H,4-14H2,1-3H3;;/q+1;;. The maximum Gasteiger partial charge on any atom is 0.0787 e. The second kappa shape index (κ2) is 10.8. The fourth-order valence-electron chi connectivity index (χ4n) is 3.81. The van der Waals surface area contributed by atoms with Crippen LogP contribution in [-0.2, 0) is 65.4 Å². The van der Waals surface area contributed by atoms with Crippen molar-refractivity contribution in [1.82, 2.24) is 4.90 Å². The molecule has 2 nitrogen and oxygen atoms in total. The molecule has 0 aromatic rings. The Morgan fingerprint density at radius 2 is 1.40 bits per heavy atom. The molecule has 2 heterocycles. The van der Waals surface area contributed by atoms with Crippen LogP contribution in [0.1, 0.15) is 46.0 Å². The Balaban J connectivity index is 0.00000180. The van der Waals surface area contributed by atoms with Gasteiger partial charge in [-0.2, -0.15) is 0 Å². The van der Waals surface area contributed by atoms with Crippen LogP contribution in [0, 0.1) is 11.8 Å². The van der Waals surface area contributed by atoms with E-state index in [4.69, 9.17) is 0 Å². The Bertz CT molecular complexity index is 245. The van der Waals surface area contributed by atoms with Crippen molar-refractivity contribution in [2.45, 2.75) is 46.0 Å². The molecule has 0 bridgehead atoms. The summed E-state index contributed by atoms with van der Waals surface area (Å²) in [5, 5.41) is 0. The van der Waals surface area contributed by atoms with Gasteiger partial charge in [-0.3, -0.25) is 0 Å². The van der Waals surface area contributed by atoms with Crippen LogP contribution in [0.4, 0.5) is 0 Å². The molecule has 0 aromatic heterocycles. The van der Waals surface area contributed by atoms with Crippen LogP contribution in [0.3, 0.4) is 0 Å². The van der Waals surface area contributed by atoms with Crippen LogP contribution < -0.4 is 0 Å². The van der Waals surface area contributed by atoms with E-state index in [9.17, 15) is 0 Å². The first kappa shape index (κ1) is 22.1. The van der Waals surface area contributed by atoms with E-state index in [2.05, 4.69) is 25.8 Å². The number of hydrogen-bond donors (Lipinski definition) is 0. The van der Waals surface area contributed by atoms with Crippen molar-refractivity contribution in [3.8, 4) is 0 Å². The summed E-state index contributed by atoms with van der Waals surface area (Å²) in [5.41, 5.74) is 0. The van der Waals surface area contributed by atoms with Gasteiger partial charge in [0.2, 0.25) is 0 Å². The summed E-state index contributed by atoms with van der Waals surface area (Å²) in [5.74, 6) is 2.08. The number of likely N-dealkylation sites (tertiary alicyclic amines) is 2. The van der Waals surface area contributed by atoms with Gasteiger partial charge in [0.15, 0.2) is 0 Å².